The zero-order valence-corrected chi connectivity index (χ0v) is 23.1. The molecule has 2 bridgehead atoms. The van der Waals surface area contributed by atoms with Crippen LogP contribution in [-0.4, -0.2) is 52.3 Å². The number of methoxy groups -OCH3 is 1. The summed E-state index contributed by atoms with van der Waals surface area (Å²) in [6.07, 6.45) is 5.62. The van der Waals surface area contributed by atoms with E-state index < -0.39 is 12.1 Å². The Kier molecular flexibility index (Phi) is 7.43. The van der Waals surface area contributed by atoms with E-state index >= 15 is 0 Å². The lowest BCUT2D eigenvalue weighted by molar-refractivity contribution is -0.0444. The van der Waals surface area contributed by atoms with Crippen LogP contribution in [0.25, 0.3) is 32.4 Å². The van der Waals surface area contributed by atoms with Crippen molar-refractivity contribution in [3.8, 4) is 5.75 Å². The summed E-state index contributed by atoms with van der Waals surface area (Å²) in [5, 5.41) is 25.4. The number of rotatable bonds is 5. The Morgan fingerprint density at radius 3 is 2.46 bits per heavy atom. The Morgan fingerprint density at radius 1 is 1.02 bits per heavy atom. The van der Waals surface area contributed by atoms with Crippen LogP contribution in [0.4, 0.5) is 0 Å². The molecule has 4 heterocycles. The van der Waals surface area contributed by atoms with E-state index in [0.717, 1.165) is 57.9 Å². The standard InChI is InChI=1S/C20H24N2O2.C15H10O2/c1-3-13-12-22-9-7-14(13)10-19(22)20(23)16-6-8-21-18-5-4-15(24-2)11-17(16)18;16-15(17)13-6-5-12-7-10-3-1-2-4-11(10)8-14(12)9-13/h3-6,8,11,13-14,19-20,23H,1,7,9-10,12H2,2H3;1-9H,(H,16,17)/t13-,14-,19+,20-;/m0./s1. The number of benzene rings is 4. The van der Waals surface area contributed by atoms with Crippen molar-refractivity contribution in [1.29, 1.82) is 0 Å². The predicted molar refractivity (Wildman–Crippen MR) is 163 cm³/mol. The molecule has 3 fully saturated rings. The first-order valence-corrected chi connectivity index (χ1v) is 14.1. The number of aromatic carboxylic acids is 1. The van der Waals surface area contributed by atoms with Gasteiger partial charge in [0.25, 0.3) is 0 Å². The van der Waals surface area contributed by atoms with Crippen molar-refractivity contribution in [2.75, 3.05) is 20.2 Å². The average Bonchev–Trinajstić information content (AvgIpc) is 3.02. The summed E-state index contributed by atoms with van der Waals surface area (Å²) < 4.78 is 5.35. The van der Waals surface area contributed by atoms with Gasteiger partial charge in [-0.3, -0.25) is 9.88 Å². The number of carboxylic acid groups (broad SMARTS) is 1. The minimum atomic E-state index is -0.889. The summed E-state index contributed by atoms with van der Waals surface area (Å²) in [7, 11) is 1.66. The van der Waals surface area contributed by atoms with Gasteiger partial charge in [-0.05, 0) is 107 Å². The molecule has 6 nitrogen and oxygen atoms in total. The van der Waals surface area contributed by atoms with Gasteiger partial charge in [-0.1, -0.05) is 36.4 Å². The fraction of sp³-hybridized carbons (Fsp3) is 0.257. The summed E-state index contributed by atoms with van der Waals surface area (Å²) in [6.45, 7) is 6.07. The molecule has 8 rings (SSSR count). The van der Waals surface area contributed by atoms with Gasteiger partial charge in [0.2, 0.25) is 0 Å². The van der Waals surface area contributed by atoms with Crippen molar-refractivity contribution in [1.82, 2.24) is 9.88 Å². The number of carboxylic acids is 1. The van der Waals surface area contributed by atoms with Crippen molar-refractivity contribution in [2.45, 2.75) is 25.0 Å². The third kappa shape index (κ3) is 5.29. The molecule has 0 radical (unpaired) electrons. The van der Waals surface area contributed by atoms with Gasteiger partial charge in [-0.15, -0.1) is 6.58 Å². The van der Waals surface area contributed by atoms with Crippen molar-refractivity contribution in [3.05, 3.63) is 109 Å². The number of fused-ring (bicyclic) bond motifs is 6. The molecule has 5 aromatic rings. The lowest BCUT2D eigenvalue weighted by atomic mass is 9.73. The Morgan fingerprint density at radius 2 is 1.78 bits per heavy atom. The van der Waals surface area contributed by atoms with Gasteiger partial charge in [0.1, 0.15) is 5.75 Å². The maximum absolute atomic E-state index is 11.2. The number of nitrogens with zero attached hydrogens (tertiary/aromatic N) is 2. The number of pyridine rings is 1. The molecule has 6 heteroatoms. The maximum atomic E-state index is 11.2. The van der Waals surface area contributed by atoms with E-state index in [1.165, 1.54) is 11.8 Å². The number of hydrogen-bond acceptors (Lipinski definition) is 5. The largest absolute Gasteiger partial charge is 0.497 e. The molecule has 2 N–H and O–H groups in total. The highest BCUT2D eigenvalue weighted by Gasteiger charge is 2.42. The number of ether oxygens (including phenoxy) is 1. The van der Waals surface area contributed by atoms with Gasteiger partial charge in [0, 0.05) is 24.2 Å². The summed E-state index contributed by atoms with van der Waals surface area (Å²) >= 11 is 0. The number of piperidine rings is 3. The molecule has 0 saturated carbocycles. The van der Waals surface area contributed by atoms with Crippen LogP contribution in [0.1, 0.15) is 34.9 Å². The van der Waals surface area contributed by atoms with E-state index in [0.29, 0.717) is 17.4 Å². The summed E-state index contributed by atoms with van der Waals surface area (Å²) in [5.41, 5.74) is 2.17. The highest BCUT2D eigenvalue weighted by Crippen LogP contribution is 2.42. The first-order valence-electron chi connectivity index (χ1n) is 14.1. The molecule has 3 aliphatic heterocycles. The monoisotopic (exact) mass is 546 g/mol. The second-order valence-corrected chi connectivity index (χ2v) is 11.0. The quantitative estimate of drug-likeness (QED) is 0.185. The van der Waals surface area contributed by atoms with Gasteiger partial charge < -0.3 is 14.9 Å². The summed E-state index contributed by atoms with van der Waals surface area (Å²) in [5.74, 6) is 1.12. The second-order valence-electron chi connectivity index (χ2n) is 11.0. The molecular formula is C35H34N2O4. The molecule has 4 aromatic carbocycles. The molecule has 0 aliphatic carbocycles. The number of aliphatic hydroxyl groups excluding tert-OH is 1. The van der Waals surface area contributed by atoms with Crippen LogP contribution in [0, 0.1) is 11.8 Å². The van der Waals surface area contributed by atoms with Gasteiger partial charge in [0.05, 0.1) is 24.3 Å². The van der Waals surface area contributed by atoms with Gasteiger partial charge >= 0.3 is 5.97 Å². The fourth-order valence-corrected chi connectivity index (χ4v) is 6.52. The van der Waals surface area contributed by atoms with Crippen LogP contribution < -0.4 is 4.74 Å². The minimum absolute atomic E-state index is 0.178. The molecule has 5 atom stereocenters. The summed E-state index contributed by atoms with van der Waals surface area (Å²) in [6, 6.07) is 25.3. The molecule has 0 spiro atoms. The Balaban J connectivity index is 0.000000156. The smallest absolute Gasteiger partial charge is 0.335 e. The van der Waals surface area contributed by atoms with Crippen molar-refractivity contribution in [2.24, 2.45) is 11.8 Å². The molecular weight excluding hydrogens is 512 g/mol. The first kappa shape index (κ1) is 26.9. The third-order valence-electron chi connectivity index (χ3n) is 8.77. The van der Waals surface area contributed by atoms with E-state index in [-0.39, 0.29) is 6.04 Å². The van der Waals surface area contributed by atoms with Gasteiger partial charge in [-0.25, -0.2) is 4.79 Å². The number of aliphatic hydroxyl groups is 1. The minimum Gasteiger partial charge on any atom is -0.497 e. The van der Waals surface area contributed by atoms with E-state index in [9.17, 15) is 9.90 Å². The number of aromatic nitrogens is 1. The highest BCUT2D eigenvalue weighted by atomic mass is 16.5. The molecule has 1 aromatic heterocycles. The third-order valence-corrected chi connectivity index (χ3v) is 8.77. The van der Waals surface area contributed by atoms with E-state index in [2.05, 4.69) is 34.7 Å². The van der Waals surface area contributed by atoms with E-state index in [1.807, 2.05) is 54.6 Å². The average molecular weight is 547 g/mol. The van der Waals surface area contributed by atoms with Crippen LogP contribution in [0.5, 0.6) is 5.75 Å². The maximum Gasteiger partial charge on any atom is 0.335 e. The first-order chi connectivity index (χ1) is 19.9. The molecule has 208 valence electrons. The Bertz CT molecular complexity index is 1750. The zero-order valence-electron chi connectivity index (χ0n) is 23.1. The van der Waals surface area contributed by atoms with Crippen LogP contribution >= 0.6 is 0 Å². The lowest BCUT2D eigenvalue weighted by Gasteiger charge is -2.50. The zero-order chi connectivity index (χ0) is 28.5. The number of hydrogen-bond donors (Lipinski definition) is 2. The molecule has 0 unspecified atom stereocenters. The lowest BCUT2D eigenvalue weighted by Crippen LogP contribution is -2.54. The van der Waals surface area contributed by atoms with Crippen LogP contribution in [-0.2, 0) is 0 Å². The predicted octanol–water partition coefficient (Wildman–Crippen LogP) is 6.86. The van der Waals surface area contributed by atoms with E-state index in [1.54, 1.807) is 25.4 Å². The number of carbonyl (C=O) groups is 1. The molecule has 0 amide bonds. The fourth-order valence-electron chi connectivity index (χ4n) is 6.52. The topological polar surface area (TPSA) is 82.9 Å². The highest BCUT2D eigenvalue weighted by molar-refractivity contribution is 6.01. The van der Waals surface area contributed by atoms with Crippen molar-refractivity contribution in [3.63, 3.8) is 0 Å². The van der Waals surface area contributed by atoms with Crippen LogP contribution in [0.15, 0.2) is 97.7 Å². The van der Waals surface area contributed by atoms with Crippen LogP contribution in [0.2, 0.25) is 0 Å². The Labute approximate surface area is 239 Å². The van der Waals surface area contributed by atoms with Gasteiger partial charge in [0.15, 0.2) is 0 Å². The van der Waals surface area contributed by atoms with E-state index in [4.69, 9.17) is 9.84 Å². The molecule has 3 aliphatic rings. The normalized spacial score (nSPS) is 22.2. The van der Waals surface area contributed by atoms with Crippen molar-refractivity contribution >= 4 is 38.4 Å². The molecule has 3 saturated heterocycles. The Hall–Kier alpha value is -4.26. The molecule has 41 heavy (non-hydrogen) atoms. The summed E-state index contributed by atoms with van der Waals surface area (Å²) in [4.78, 5) is 17.8. The van der Waals surface area contributed by atoms with Crippen molar-refractivity contribution < 1.29 is 19.7 Å². The van der Waals surface area contributed by atoms with Gasteiger partial charge in [-0.2, -0.15) is 0 Å². The second kappa shape index (κ2) is 11.3. The van der Waals surface area contributed by atoms with Crippen LogP contribution in [0.3, 0.4) is 0 Å². The SMILES string of the molecule is C=C[C@H]1C[N@]2CC[C@H]1C[C@@H]2[C@@H](O)c1ccnc2ccc(OC)cc12.O=C(O)c1ccc2cc3ccccc3cc2c1.